The third-order valence-corrected chi connectivity index (χ3v) is 2.30. The van der Waals surface area contributed by atoms with Crippen molar-refractivity contribution in [3.63, 3.8) is 0 Å². The van der Waals surface area contributed by atoms with Crippen molar-refractivity contribution in [2.75, 3.05) is 5.32 Å². The van der Waals surface area contributed by atoms with Gasteiger partial charge in [-0.3, -0.25) is 0 Å². The number of aliphatic carboxylic acids is 1. The van der Waals surface area contributed by atoms with Gasteiger partial charge in [-0.05, 0) is 18.6 Å². The highest BCUT2D eigenvalue weighted by molar-refractivity contribution is 5.92. The van der Waals surface area contributed by atoms with Crippen molar-refractivity contribution < 1.29 is 27.9 Å². The molecule has 104 valence electrons. The molecule has 1 aromatic rings. The molecule has 5 nitrogen and oxygen atoms in total. The molecule has 0 spiro atoms. The number of halogens is 3. The van der Waals surface area contributed by atoms with Crippen LogP contribution in [0.1, 0.15) is 13.3 Å². The number of hydrogen-bond donors (Lipinski definition) is 3. The zero-order chi connectivity index (χ0) is 14.6. The Morgan fingerprint density at radius 3 is 2.42 bits per heavy atom. The van der Waals surface area contributed by atoms with Gasteiger partial charge in [0.25, 0.3) is 0 Å². The summed E-state index contributed by atoms with van der Waals surface area (Å²) in [5, 5.41) is 12.6. The topological polar surface area (TPSA) is 78.4 Å². The van der Waals surface area contributed by atoms with E-state index in [0.29, 0.717) is 6.07 Å². The molecule has 8 heteroatoms. The second-order valence-corrected chi connectivity index (χ2v) is 3.62. The molecule has 0 aliphatic heterocycles. The Morgan fingerprint density at radius 2 is 1.89 bits per heavy atom. The Labute approximate surface area is 106 Å². The zero-order valence-corrected chi connectivity index (χ0v) is 9.84. The number of amides is 2. The van der Waals surface area contributed by atoms with Crippen LogP contribution in [-0.4, -0.2) is 23.1 Å². The Morgan fingerprint density at radius 1 is 1.26 bits per heavy atom. The predicted octanol–water partition coefficient (Wildman–Crippen LogP) is 2.09. The van der Waals surface area contributed by atoms with Crippen LogP contribution in [0.15, 0.2) is 12.1 Å². The molecule has 0 aromatic heterocycles. The summed E-state index contributed by atoms with van der Waals surface area (Å²) in [6.45, 7) is 1.53. The summed E-state index contributed by atoms with van der Waals surface area (Å²) in [7, 11) is 0. The van der Waals surface area contributed by atoms with E-state index < -0.39 is 41.2 Å². The highest BCUT2D eigenvalue weighted by Crippen LogP contribution is 2.19. The fourth-order valence-corrected chi connectivity index (χ4v) is 1.28. The highest BCUT2D eigenvalue weighted by atomic mass is 19.2. The van der Waals surface area contributed by atoms with Gasteiger partial charge in [0.15, 0.2) is 17.5 Å². The molecule has 1 atom stereocenters. The largest absolute Gasteiger partial charge is 0.480 e. The summed E-state index contributed by atoms with van der Waals surface area (Å²) in [5.41, 5.74) is -0.586. The van der Waals surface area contributed by atoms with Crippen LogP contribution in [0.25, 0.3) is 0 Å². The quantitative estimate of drug-likeness (QED) is 0.737. The fraction of sp³-hybridized carbons (Fsp3) is 0.273. The van der Waals surface area contributed by atoms with Gasteiger partial charge in [0.05, 0.1) is 5.69 Å². The Bertz CT molecular complexity index is 508. The van der Waals surface area contributed by atoms with Gasteiger partial charge in [0.2, 0.25) is 0 Å². The lowest BCUT2D eigenvalue weighted by atomic mass is 10.2. The monoisotopic (exact) mass is 276 g/mol. The van der Waals surface area contributed by atoms with Gasteiger partial charge in [-0.1, -0.05) is 6.92 Å². The lowest BCUT2D eigenvalue weighted by molar-refractivity contribution is -0.139. The van der Waals surface area contributed by atoms with Crippen LogP contribution in [0.2, 0.25) is 0 Å². The molecular weight excluding hydrogens is 265 g/mol. The second kappa shape index (κ2) is 6.07. The first-order chi connectivity index (χ1) is 8.86. The van der Waals surface area contributed by atoms with Crippen LogP contribution in [0, 0.1) is 17.5 Å². The normalized spacial score (nSPS) is 11.8. The number of urea groups is 1. The Hall–Kier alpha value is -2.25. The van der Waals surface area contributed by atoms with Crippen LogP contribution in [-0.2, 0) is 4.79 Å². The molecule has 2 amide bonds. The van der Waals surface area contributed by atoms with Crippen molar-refractivity contribution >= 4 is 17.7 Å². The minimum absolute atomic E-state index is 0.114. The standard InChI is InChI=1S/C11H11F3N2O3/c1-2-6(10(17)18)15-11(19)16-7-4-3-5(12)8(13)9(7)14/h3-4,6H,2H2,1H3,(H,17,18)(H2,15,16,19)/t6-/m0/s1. The molecule has 19 heavy (non-hydrogen) atoms. The Balaban J connectivity index is 2.78. The molecule has 0 fully saturated rings. The first kappa shape index (κ1) is 14.8. The number of anilines is 1. The molecular formula is C11H11F3N2O3. The molecule has 0 heterocycles. The average molecular weight is 276 g/mol. The summed E-state index contributed by atoms with van der Waals surface area (Å²) >= 11 is 0. The summed E-state index contributed by atoms with van der Waals surface area (Å²) in [5.74, 6) is -5.93. The van der Waals surface area contributed by atoms with Gasteiger partial charge in [-0.15, -0.1) is 0 Å². The lowest BCUT2D eigenvalue weighted by Crippen LogP contribution is -2.42. The smallest absolute Gasteiger partial charge is 0.326 e. The number of rotatable bonds is 4. The lowest BCUT2D eigenvalue weighted by Gasteiger charge is -2.13. The number of hydrogen-bond acceptors (Lipinski definition) is 2. The van der Waals surface area contributed by atoms with Crippen molar-refractivity contribution in [3.8, 4) is 0 Å². The van der Waals surface area contributed by atoms with Crippen LogP contribution in [0.5, 0.6) is 0 Å². The number of carboxylic acids is 1. The second-order valence-electron chi connectivity index (χ2n) is 3.62. The van der Waals surface area contributed by atoms with Gasteiger partial charge in [-0.2, -0.15) is 0 Å². The minimum Gasteiger partial charge on any atom is -0.480 e. The molecule has 0 bridgehead atoms. The van der Waals surface area contributed by atoms with Crippen molar-refractivity contribution in [1.29, 1.82) is 0 Å². The minimum atomic E-state index is -1.72. The summed E-state index contributed by atoms with van der Waals surface area (Å²) in [6, 6.07) is -0.718. The van der Waals surface area contributed by atoms with Gasteiger partial charge in [0, 0.05) is 0 Å². The number of carbonyl (C=O) groups is 2. The van der Waals surface area contributed by atoms with E-state index in [9.17, 15) is 22.8 Å². The highest BCUT2D eigenvalue weighted by Gasteiger charge is 2.19. The van der Waals surface area contributed by atoms with Gasteiger partial charge < -0.3 is 15.7 Å². The third-order valence-electron chi connectivity index (χ3n) is 2.30. The summed E-state index contributed by atoms with van der Waals surface area (Å²) in [4.78, 5) is 22.0. The van der Waals surface area contributed by atoms with Crippen LogP contribution < -0.4 is 10.6 Å². The van der Waals surface area contributed by atoms with Crippen molar-refractivity contribution in [1.82, 2.24) is 5.32 Å². The van der Waals surface area contributed by atoms with Crippen LogP contribution in [0.3, 0.4) is 0 Å². The van der Waals surface area contributed by atoms with Crippen molar-refractivity contribution in [2.45, 2.75) is 19.4 Å². The van der Waals surface area contributed by atoms with E-state index >= 15 is 0 Å². The molecule has 0 aliphatic carbocycles. The van der Waals surface area contributed by atoms with E-state index in [0.717, 1.165) is 6.07 Å². The first-order valence-electron chi connectivity index (χ1n) is 5.30. The van der Waals surface area contributed by atoms with Crippen LogP contribution in [0.4, 0.5) is 23.7 Å². The molecule has 0 saturated heterocycles. The van der Waals surface area contributed by atoms with E-state index in [4.69, 9.17) is 5.11 Å². The molecule has 0 radical (unpaired) electrons. The molecule has 0 saturated carbocycles. The predicted molar refractivity (Wildman–Crippen MR) is 60.2 cm³/mol. The molecule has 1 rings (SSSR count). The maximum atomic E-state index is 13.2. The van der Waals surface area contributed by atoms with Crippen LogP contribution >= 0.6 is 0 Å². The number of benzene rings is 1. The zero-order valence-electron chi connectivity index (χ0n) is 9.84. The van der Waals surface area contributed by atoms with E-state index in [1.54, 1.807) is 0 Å². The molecule has 1 aromatic carbocycles. The molecule has 0 aliphatic rings. The number of carbonyl (C=O) groups excluding carboxylic acids is 1. The van der Waals surface area contributed by atoms with Crippen molar-refractivity contribution in [2.24, 2.45) is 0 Å². The fourth-order valence-electron chi connectivity index (χ4n) is 1.28. The summed E-state index contributed by atoms with van der Waals surface area (Å²) < 4.78 is 38.8. The number of carboxylic acid groups (broad SMARTS) is 1. The third kappa shape index (κ3) is 3.60. The van der Waals surface area contributed by atoms with Gasteiger partial charge in [0.1, 0.15) is 6.04 Å². The number of nitrogens with one attached hydrogen (secondary N) is 2. The SMILES string of the molecule is CC[C@H](NC(=O)Nc1ccc(F)c(F)c1F)C(=O)O. The molecule has 0 unspecified atom stereocenters. The molecule has 3 N–H and O–H groups in total. The van der Waals surface area contributed by atoms with E-state index in [1.807, 2.05) is 10.6 Å². The Kier molecular flexibility index (Phi) is 4.74. The van der Waals surface area contributed by atoms with E-state index in [2.05, 4.69) is 0 Å². The average Bonchev–Trinajstić information content (AvgIpc) is 2.36. The maximum Gasteiger partial charge on any atom is 0.326 e. The van der Waals surface area contributed by atoms with Gasteiger partial charge in [-0.25, -0.2) is 22.8 Å². The summed E-state index contributed by atoms with van der Waals surface area (Å²) in [6.07, 6.45) is 0.114. The van der Waals surface area contributed by atoms with Gasteiger partial charge >= 0.3 is 12.0 Å². The van der Waals surface area contributed by atoms with E-state index in [-0.39, 0.29) is 6.42 Å². The first-order valence-corrected chi connectivity index (χ1v) is 5.30. The maximum absolute atomic E-state index is 13.2. The van der Waals surface area contributed by atoms with Crippen molar-refractivity contribution in [3.05, 3.63) is 29.6 Å². The van der Waals surface area contributed by atoms with E-state index in [1.165, 1.54) is 6.92 Å².